The molecule has 168 valence electrons. The van der Waals surface area contributed by atoms with Gasteiger partial charge in [-0.2, -0.15) is 0 Å². The molecule has 0 fully saturated rings. The zero-order valence-electron chi connectivity index (χ0n) is 17.9. The molecule has 0 spiro atoms. The topological polar surface area (TPSA) is 91.0 Å². The highest BCUT2D eigenvalue weighted by Gasteiger charge is 2.25. The first-order chi connectivity index (χ1) is 15.5. The normalized spacial score (nSPS) is 14.4. The summed E-state index contributed by atoms with van der Waals surface area (Å²) >= 11 is 5.94. The van der Waals surface area contributed by atoms with Gasteiger partial charge in [0.15, 0.2) is 5.70 Å². The van der Waals surface area contributed by atoms with Gasteiger partial charge in [0.25, 0.3) is 5.69 Å². The number of cyclic esters (lactones) is 1. The molecule has 32 heavy (non-hydrogen) atoms. The van der Waals surface area contributed by atoms with E-state index in [9.17, 15) is 14.9 Å². The number of halogens is 1. The highest BCUT2D eigenvalue weighted by Crippen LogP contribution is 2.25. The summed E-state index contributed by atoms with van der Waals surface area (Å²) < 4.78 is 11.0. The number of hydrogen-bond acceptors (Lipinski definition) is 6. The average Bonchev–Trinajstić information content (AvgIpc) is 3.14. The number of hydrogen-bond donors (Lipinski definition) is 0. The van der Waals surface area contributed by atoms with Gasteiger partial charge in [-0.1, -0.05) is 62.8 Å². The van der Waals surface area contributed by atoms with Crippen LogP contribution in [0.4, 0.5) is 5.69 Å². The summed E-state index contributed by atoms with van der Waals surface area (Å²) in [6, 6.07) is 11.3. The van der Waals surface area contributed by atoms with E-state index < -0.39 is 10.9 Å². The number of ether oxygens (including phenoxy) is 2. The van der Waals surface area contributed by atoms with E-state index in [1.54, 1.807) is 6.08 Å². The Bertz CT molecular complexity index is 1030. The molecule has 0 radical (unpaired) electrons. The van der Waals surface area contributed by atoms with Crippen LogP contribution < -0.4 is 4.74 Å². The van der Waals surface area contributed by atoms with Crippen LogP contribution in [0.15, 0.2) is 53.2 Å². The van der Waals surface area contributed by atoms with Gasteiger partial charge in [0.05, 0.1) is 11.5 Å². The first-order valence-corrected chi connectivity index (χ1v) is 11.0. The lowest BCUT2D eigenvalue weighted by molar-refractivity contribution is -0.384. The van der Waals surface area contributed by atoms with Crippen molar-refractivity contribution in [2.45, 2.75) is 45.4 Å². The minimum atomic E-state index is -0.633. The maximum Gasteiger partial charge on any atom is 0.363 e. The van der Waals surface area contributed by atoms with Crippen LogP contribution in [-0.4, -0.2) is 23.4 Å². The van der Waals surface area contributed by atoms with Gasteiger partial charge in [-0.05, 0) is 36.3 Å². The Hall–Kier alpha value is -3.19. The van der Waals surface area contributed by atoms with Gasteiger partial charge in [0, 0.05) is 22.7 Å². The van der Waals surface area contributed by atoms with Gasteiger partial charge < -0.3 is 9.47 Å². The van der Waals surface area contributed by atoms with E-state index in [0.29, 0.717) is 6.61 Å². The van der Waals surface area contributed by atoms with Crippen LogP contribution >= 0.6 is 11.6 Å². The van der Waals surface area contributed by atoms with Crippen LogP contribution in [0.1, 0.15) is 56.6 Å². The Kier molecular flexibility index (Phi) is 8.39. The van der Waals surface area contributed by atoms with Crippen LogP contribution in [0.25, 0.3) is 6.08 Å². The van der Waals surface area contributed by atoms with E-state index in [-0.39, 0.29) is 27.9 Å². The third-order valence-electron chi connectivity index (χ3n) is 4.91. The molecule has 1 aliphatic rings. The van der Waals surface area contributed by atoms with Gasteiger partial charge in [-0.3, -0.25) is 10.1 Å². The molecule has 0 saturated heterocycles. The highest BCUT2D eigenvalue weighted by molar-refractivity contribution is 6.31. The second-order valence-electron chi connectivity index (χ2n) is 7.48. The maximum absolute atomic E-state index is 12.2. The summed E-state index contributed by atoms with van der Waals surface area (Å²) in [5, 5.41) is 11.2. The minimum Gasteiger partial charge on any atom is -0.494 e. The third-order valence-corrected chi connectivity index (χ3v) is 5.13. The van der Waals surface area contributed by atoms with Crippen molar-refractivity contribution in [2.24, 2.45) is 4.99 Å². The number of nitrogens with zero attached hydrogens (tertiary/aromatic N) is 2. The van der Waals surface area contributed by atoms with Crippen LogP contribution in [-0.2, 0) is 9.53 Å². The number of benzene rings is 2. The predicted molar refractivity (Wildman–Crippen MR) is 124 cm³/mol. The fourth-order valence-corrected chi connectivity index (χ4v) is 3.46. The van der Waals surface area contributed by atoms with Crippen LogP contribution in [0, 0.1) is 10.1 Å². The molecule has 3 rings (SSSR count). The molecular weight excluding hydrogens is 432 g/mol. The molecule has 0 aliphatic carbocycles. The largest absolute Gasteiger partial charge is 0.494 e. The van der Waals surface area contributed by atoms with Crippen LogP contribution in [0.3, 0.4) is 0 Å². The summed E-state index contributed by atoms with van der Waals surface area (Å²) in [5.74, 6) is 0.113. The van der Waals surface area contributed by atoms with Gasteiger partial charge in [0.2, 0.25) is 5.90 Å². The number of esters is 1. The molecular formula is C24H25ClN2O5. The molecule has 0 bridgehead atoms. The van der Waals surface area contributed by atoms with Crippen molar-refractivity contribution in [3.63, 3.8) is 0 Å². The number of unbranched alkanes of at least 4 members (excludes halogenated alkanes) is 5. The maximum atomic E-state index is 12.2. The van der Waals surface area contributed by atoms with E-state index in [4.69, 9.17) is 21.1 Å². The first kappa shape index (κ1) is 23.5. The predicted octanol–water partition coefficient (Wildman–Crippen LogP) is 6.33. The van der Waals surface area contributed by atoms with Gasteiger partial charge in [-0.25, -0.2) is 9.79 Å². The molecule has 2 aromatic rings. The molecule has 7 nitrogen and oxygen atoms in total. The van der Waals surface area contributed by atoms with E-state index >= 15 is 0 Å². The molecule has 2 aromatic carbocycles. The number of carbonyl (C=O) groups excluding carboxylic acids is 1. The number of carbonyl (C=O) groups is 1. The second-order valence-corrected chi connectivity index (χ2v) is 7.91. The summed E-state index contributed by atoms with van der Waals surface area (Å²) in [6.45, 7) is 2.88. The van der Waals surface area contributed by atoms with Gasteiger partial charge in [0.1, 0.15) is 5.75 Å². The smallest absolute Gasteiger partial charge is 0.363 e. The van der Waals surface area contributed by atoms with Crippen molar-refractivity contribution in [1.82, 2.24) is 0 Å². The standard InChI is InChI=1S/C24H25ClN2O5/c1-2-3-4-5-6-7-12-31-21-10-8-17(9-11-21)13-22-24(28)32-23(26-22)18-14-19(25)16-20(15-18)27(29)30/h8-11,13-16H,2-7,12H2,1H3. The molecule has 0 amide bonds. The van der Waals surface area contributed by atoms with Gasteiger partial charge in [-0.15, -0.1) is 0 Å². The molecule has 0 saturated carbocycles. The first-order valence-electron chi connectivity index (χ1n) is 10.7. The third kappa shape index (κ3) is 6.65. The number of nitro benzene ring substituents is 1. The van der Waals surface area contributed by atoms with E-state index in [0.717, 1.165) is 17.7 Å². The van der Waals surface area contributed by atoms with E-state index in [1.165, 1.54) is 50.3 Å². The Labute approximate surface area is 191 Å². The summed E-state index contributed by atoms with van der Waals surface area (Å²) in [7, 11) is 0. The summed E-state index contributed by atoms with van der Waals surface area (Å²) in [6.07, 6.45) is 8.84. The molecule has 0 atom stereocenters. The Morgan fingerprint density at radius 2 is 1.81 bits per heavy atom. The van der Waals surface area contributed by atoms with Crippen molar-refractivity contribution in [3.8, 4) is 5.75 Å². The molecule has 0 unspecified atom stereocenters. The fourth-order valence-electron chi connectivity index (χ4n) is 3.23. The van der Waals surface area contributed by atoms with Gasteiger partial charge >= 0.3 is 5.97 Å². The van der Waals surface area contributed by atoms with E-state index in [1.807, 2.05) is 24.3 Å². The van der Waals surface area contributed by atoms with Crippen LogP contribution in [0.2, 0.25) is 5.02 Å². The minimum absolute atomic E-state index is 0.0225. The van der Waals surface area contributed by atoms with Crippen molar-refractivity contribution in [1.29, 1.82) is 0 Å². The van der Waals surface area contributed by atoms with Crippen molar-refractivity contribution >= 4 is 35.2 Å². The zero-order chi connectivity index (χ0) is 22.9. The summed E-state index contributed by atoms with van der Waals surface area (Å²) in [5.41, 5.74) is 0.911. The lowest BCUT2D eigenvalue weighted by Crippen LogP contribution is -2.06. The monoisotopic (exact) mass is 456 g/mol. The number of rotatable bonds is 11. The average molecular weight is 457 g/mol. The zero-order valence-corrected chi connectivity index (χ0v) is 18.6. The quantitative estimate of drug-likeness (QED) is 0.129. The summed E-state index contributed by atoms with van der Waals surface area (Å²) in [4.78, 5) is 26.9. The molecule has 0 aromatic heterocycles. The lowest BCUT2D eigenvalue weighted by Gasteiger charge is -2.06. The molecule has 1 heterocycles. The molecule has 0 N–H and O–H groups in total. The Morgan fingerprint density at radius 3 is 2.53 bits per heavy atom. The van der Waals surface area contributed by atoms with Crippen molar-refractivity contribution < 1.29 is 19.2 Å². The number of non-ortho nitro benzene ring substituents is 1. The van der Waals surface area contributed by atoms with Crippen LogP contribution in [0.5, 0.6) is 5.75 Å². The SMILES string of the molecule is CCCCCCCCOc1ccc(C=C2N=C(c3cc(Cl)cc([N+](=O)[O-])c3)OC2=O)cc1. The highest BCUT2D eigenvalue weighted by atomic mass is 35.5. The fraction of sp³-hybridized carbons (Fsp3) is 0.333. The second kappa shape index (κ2) is 11.4. The Morgan fingerprint density at radius 1 is 1.09 bits per heavy atom. The number of nitro groups is 1. The lowest BCUT2D eigenvalue weighted by atomic mass is 10.1. The van der Waals surface area contributed by atoms with Crippen molar-refractivity contribution in [2.75, 3.05) is 6.61 Å². The van der Waals surface area contributed by atoms with E-state index in [2.05, 4.69) is 11.9 Å². The molecule has 8 heteroatoms. The molecule has 1 aliphatic heterocycles. The Balaban J connectivity index is 1.61. The number of aliphatic imine (C=N–C) groups is 1. The van der Waals surface area contributed by atoms with Crippen molar-refractivity contribution in [3.05, 3.63) is 74.4 Å².